The van der Waals surface area contributed by atoms with Crippen LogP contribution in [-0.2, 0) is 23.0 Å². The lowest BCUT2D eigenvalue weighted by Gasteiger charge is -2.07. The van der Waals surface area contributed by atoms with Gasteiger partial charge in [-0.1, -0.05) is 6.92 Å². The number of hydrogen-bond acceptors (Lipinski definition) is 3. The Hall–Kier alpha value is -1.16. The zero-order chi connectivity index (χ0) is 10.8. The highest BCUT2D eigenvalue weighted by atomic mass is 16.5. The number of carbonyl (C=O) groups is 1. The maximum atomic E-state index is 11.8. The quantitative estimate of drug-likeness (QED) is 0.743. The van der Waals surface area contributed by atoms with Gasteiger partial charge in [0.25, 0.3) is 0 Å². The Labute approximate surface area is 89.3 Å². The average molecular weight is 208 g/mol. The molecule has 1 aliphatic rings. The van der Waals surface area contributed by atoms with Gasteiger partial charge in [0, 0.05) is 31.3 Å². The molecule has 2 unspecified atom stereocenters. The third-order valence-corrected chi connectivity index (χ3v) is 2.96. The summed E-state index contributed by atoms with van der Waals surface area (Å²) in [6.07, 6.45) is 4.91. The zero-order valence-electron chi connectivity index (χ0n) is 9.14. The molecule has 1 saturated heterocycles. The summed E-state index contributed by atoms with van der Waals surface area (Å²) in [6.45, 7) is 2.54. The average Bonchev–Trinajstić information content (AvgIpc) is 2.77. The Balaban J connectivity index is 2.03. The fourth-order valence-corrected chi connectivity index (χ4v) is 1.97. The molecule has 1 aromatic heterocycles. The Morgan fingerprint density at radius 2 is 2.47 bits per heavy atom. The highest BCUT2D eigenvalue weighted by Gasteiger charge is 2.34. The molecule has 0 saturated carbocycles. The van der Waals surface area contributed by atoms with Crippen LogP contribution in [0.3, 0.4) is 0 Å². The van der Waals surface area contributed by atoms with Gasteiger partial charge in [0.15, 0.2) is 5.78 Å². The first-order valence-corrected chi connectivity index (χ1v) is 5.33. The third-order valence-electron chi connectivity index (χ3n) is 2.96. The minimum Gasteiger partial charge on any atom is -0.370 e. The van der Waals surface area contributed by atoms with Gasteiger partial charge >= 0.3 is 0 Å². The van der Waals surface area contributed by atoms with Gasteiger partial charge in [0.05, 0.1) is 12.9 Å². The van der Waals surface area contributed by atoms with Crippen LogP contribution in [0.25, 0.3) is 0 Å². The minimum absolute atomic E-state index is 0.0188. The van der Waals surface area contributed by atoms with E-state index in [4.69, 9.17) is 4.74 Å². The van der Waals surface area contributed by atoms with E-state index < -0.39 is 0 Å². The van der Waals surface area contributed by atoms with Crippen molar-refractivity contribution in [3.8, 4) is 0 Å². The summed E-state index contributed by atoms with van der Waals surface area (Å²) >= 11 is 0. The number of ketones is 1. The van der Waals surface area contributed by atoms with E-state index in [1.165, 1.54) is 0 Å². The number of imidazole rings is 1. The van der Waals surface area contributed by atoms with Gasteiger partial charge in [-0.05, 0) is 6.42 Å². The van der Waals surface area contributed by atoms with E-state index in [1.54, 1.807) is 6.33 Å². The topological polar surface area (TPSA) is 44.1 Å². The summed E-state index contributed by atoms with van der Waals surface area (Å²) < 4.78 is 7.39. The molecule has 0 bridgehead atoms. The molecule has 1 aromatic rings. The van der Waals surface area contributed by atoms with E-state index >= 15 is 0 Å². The molecule has 4 heteroatoms. The maximum absolute atomic E-state index is 11.8. The van der Waals surface area contributed by atoms with Crippen molar-refractivity contribution in [2.24, 2.45) is 13.0 Å². The van der Waals surface area contributed by atoms with Crippen LogP contribution in [-0.4, -0.2) is 28.0 Å². The molecular formula is C11H16N2O2. The Kier molecular flexibility index (Phi) is 2.86. The number of rotatable bonds is 3. The molecule has 0 amide bonds. The van der Waals surface area contributed by atoms with Gasteiger partial charge < -0.3 is 9.30 Å². The molecule has 2 heterocycles. The van der Waals surface area contributed by atoms with Crippen molar-refractivity contribution in [2.75, 3.05) is 6.61 Å². The first kappa shape index (κ1) is 10.4. The summed E-state index contributed by atoms with van der Waals surface area (Å²) in [6, 6.07) is 0. The molecule has 4 nitrogen and oxygen atoms in total. The monoisotopic (exact) mass is 208 g/mol. The standard InChI is InChI=1S/C11H16N2O2/c1-3-10-11(14)8(6-15-10)4-9-5-12-7-13(9)2/h5,7-8,10H,3-4,6H2,1-2H3. The van der Waals surface area contributed by atoms with Crippen molar-refractivity contribution in [1.82, 2.24) is 9.55 Å². The van der Waals surface area contributed by atoms with Crippen molar-refractivity contribution < 1.29 is 9.53 Å². The van der Waals surface area contributed by atoms with Gasteiger partial charge in [-0.3, -0.25) is 4.79 Å². The SMILES string of the molecule is CCC1OCC(Cc2cncn2C)C1=O. The molecule has 0 aromatic carbocycles. The molecule has 0 spiro atoms. The van der Waals surface area contributed by atoms with Crippen LogP contribution in [0.15, 0.2) is 12.5 Å². The predicted molar refractivity (Wildman–Crippen MR) is 55.4 cm³/mol. The Morgan fingerprint density at radius 1 is 1.67 bits per heavy atom. The van der Waals surface area contributed by atoms with Gasteiger partial charge in [-0.2, -0.15) is 0 Å². The van der Waals surface area contributed by atoms with E-state index in [0.29, 0.717) is 6.61 Å². The lowest BCUT2D eigenvalue weighted by molar-refractivity contribution is -0.124. The molecule has 0 radical (unpaired) electrons. The van der Waals surface area contributed by atoms with Crippen LogP contribution in [0.1, 0.15) is 19.0 Å². The van der Waals surface area contributed by atoms with Crippen LogP contribution >= 0.6 is 0 Å². The summed E-state index contributed by atoms with van der Waals surface area (Å²) in [5.41, 5.74) is 1.09. The second kappa shape index (κ2) is 4.14. The largest absolute Gasteiger partial charge is 0.370 e. The van der Waals surface area contributed by atoms with Crippen LogP contribution in [0, 0.1) is 5.92 Å². The number of carbonyl (C=O) groups excluding carboxylic acids is 1. The fourth-order valence-electron chi connectivity index (χ4n) is 1.97. The van der Waals surface area contributed by atoms with E-state index in [2.05, 4.69) is 4.98 Å². The number of Topliss-reactive ketones (excluding diaryl/α,β-unsaturated/α-hetero) is 1. The van der Waals surface area contributed by atoms with Crippen molar-refractivity contribution in [2.45, 2.75) is 25.9 Å². The second-order valence-corrected chi connectivity index (χ2v) is 4.03. The van der Waals surface area contributed by atoms with E-state index in [1.807, 2.05) is 24.7 Å². The van der Waals surface area contributed by atoms with E-state index in [-0.39, 0.29) is 17.8 Å². The van der Waals surface area contributed by atoms with Crippen LogP contribution in [0.2, 0.25) is 0 Å². The summed E-state index contributed by atoms with van der Waals surface area (Å²) in [5.74, 6) is 0.268. The molecule has 82 valence electrons. The molecule has 1 fully saturated rings. The lowest BCUT2D eigenvalue weighted by Crippen LogP contribution is -2.21. The Bertz CT molecular complexity index is 359. The predicted octanol–water partition coefficient (Wildman–Crippen LogP) is 0.957. The fraction of sp³-hybridized carbons (Fsp3) is 0.636. The zero-order valence-corrected chi connectivity index (χ0v) is 9.14. The van der Waals surface area contributed by atoms with Crippen LogP contribution in [0.4, 0.5) is 0 Å². The van der Waals surface area contributed by atoms with Gasteiger partial charge in [0.1, 0.15) is 6.10 Å². The molecule has 15 heavy (non-hydrogen) atoms. The third kappa shape index (κ3) is 1.95. The smallest absolute Gasteiger partial charge is 0.167 e. The maximum Gasteiger partial charge on any atom is 0.167 e. The molecule has 2 atom stereocenters. The number of hydrogen-bond donors (Lipinski definition) is 0. The summed E-state index contributed by atoms with van der Waals surface area (Å²) in [4.78, 5) is 15.9. The number of ether oxygens (including phenoxy) is 1. The van der Waals surface area contributed by atoms with Gasteiger partial charge in [-0.15, -0.1) is 0 Å². The normalized spacial score (nSPS) is 26.1. The molecule has 1 aliphatic heterocycles. The first-order valence-electron chi connectivity index (χ1n) is 5.33. The summed E-state index contributed by atoms with van der Waals surface area (Å²) in [5, 5.41) is 0. The first-order chi connectivity index (χ1) is 7.22. The number of aryl methyl sites for hydroxylation is 1. The van der Waals surface area contributed by atoms with Crippen molar-refractivity contribution >= 4 is 5.78 Å². The van der Waals surface area contributed by atoms with Crippen LogP contribution in [0.5, 0.6) is 0 Å². The van der Waals surface area contributed by atoms with Crippen molar-refractivity contribution in [3.63, 3.8) is 0 Å². The lowest BCUT2D eigenvalue weighted by atomic mass is 9.98. The highest BCUT2D eigenvalue weighted by molar-refractivity contribution is 5.87. The second-order valence-electron chi connectivity index (χ2n) is 4.03. The Morgan fingerprint density at radius 3 is 3.00 bits per heavy atom. The number of nitrogens with zero attached hydrogens (tertiary/aromatic N) is 2. The van der Waals surface area contributed by atoms with Crippen LogP contribution < -0.4 is 0 Å². The van der Waals surface area contributed by atoms with Gasteiger partial charge in [-0.25, -0.2) is 4.98 Å². The molecule has 0 aliphatic carbocycles. The van der Waals surface area contributed by atoms with Gasteiger partial charge in [0.2, 0.25) is 0 Å². The summed E-state index contributed by atoms with van der Waals surface area (Å²) in [7, 11) is 1.94. The van der Waals surface area contributed by atoms with Crippen molar-refractivity contribution in [3.05, 3.63) is 18.2 Å². The number of aromatic nitrogens is 2. The molecular weight excluding hydrogens is 192 g/mol. The van der Waals surface area contributed by atoms with E-state index in [0.717, 1.165) is 18.5 Å². The molecule has 0 N–H and O–H groups in total. The highest BCUT2D eigenvalue weighted by Crippen LogP contribution is 2.21. The van der Waals surface area contributed by atoms with E-state index in [9.17, 15) is 4.79 Å². The molecule has 2 rings (SSSR count). The van der Waals surface area contributed by atoms with Crippen molar-refractivity contribution in [1.29, 1.82) is 0 Å². The minimum atomic E-state index is -0.178.